The van der Waals surface area contributed by atoms with E-state index in [4.69, 9.17) is 0 Å². The molecule has 190 valence electrons. The molecule has 1 aliphatic carbocycles. The molecule has 33 heavy (non-hydrogen) atoms. The highest BCUT2D eigenvalue weighted by Crippen LogP contribution is 2.24. The zero-order chi connectivity index (χ0) is 23.1. The summed E-state index contributed by atoms with van der Waals surface area (Å²) < 4.78 is 29.1. The van der Waals surface area contributed by atoms with Gasteiger partial charge in [0.2, 0.25) is 5.91 Å². The largest absolute Gasteiger partial charge is 0.356 e. The predicted molar refractivity (Wildman–Crippen MR) is 131 cm³/mol. The Kier molecular flexibility index (Phi) is 9.44. The lowest BCUT2D eigenvalue weighted by Crippen LogP contribution is -2.52. The van der Waals surface area contributed by atoms with Crippen molar-refractivity contribution in [2.45, 2.75) is 76.7 Å². The molecule has 9 heteroatoms. The molecule has 4 fully saturated rings. The lowest BCUT2D eigenvalue weighted by Gasteiger charge is -2.40. The van der Waals surface area contributed by atoms with Crippen molar-refractivity contribution in [1.29, 1.82) is 0 Å². The molecule has 0 bridgehead atoms. The zero-order valence-corrected chi connectivity index (χ0v) is 21.2. The Bertz CT molecular complexity index is 714. The van der Waals surface area contributed by atoms with Crippen LogP contribution in [0, 0.1) is 5.92 Å². The molecule has 1 N–H and O–H groups in total. The maximum absolute atomic E-state index is 13.0. The van der Waals surface area contributed by atoms with Crippen molar-refractivity contribution in [2.75, 3.05) is 65.4 Å². The van der Waals surface area contributed by atoms with Gasteiger partial charge < -0.3 is 10.2 Å². The first-order valence-electron chi connectivity index (χ1n) is 13.5. The van der Waals surface area contributed by atoms with Crippen LogP contribution < -0.4 is 5.32 Å². The van der Waals surface area contributed by atoms with Crippen LogP contribution in [0.1, 0.15) is 70.6 Å². The third kappa shape index (κ3) is 6.90. The maximum Gasteiger partial charge on any atom is 0.281 e. The second-order valence-corrected chi connectivity index (χ2v) is 12.4. The number of nitrogens with zero attached hydrogens (tertiary/aromatic N) is 4. The molecule has 0 aromatic rings. The molecule has 8 nitrogen and oxygen atoms in total. The summed E-state index contributed by atoms with van der Waals surface area (Å²) in [5.74, 6) is -0.201. The summed E-state index contributed by atoms with van der Waals surface area (Å²) in [6.07, 6.45) is 12.4. The lowest BCUT2D eigenvalue weighted by atomic mass is 9.94. The van der Waals surface area contributed by atoms with E-state index in [2.05, 4.69) is 15.1 Å². The first-order valence-corrected chi connectivity index (χ1v) is 14.9. The molecule has 0 aromatic heterocycles. The number of carbonyl (C=O) groups excluding carboxylic acids is 1. The SMILES string of the molecule is O=C(NCCCN1CCN(C2CCCCC2)CC1)[C@@H]1CCCN(S(=O)(=O)N2CCCCC2)C1. The van der Waals surface area contributed by atoms with E-state index in [9.17, 15) is 13.2 Å². The van der Waals surface area contributed by atoms with Crippen molar-refractivity contribution in [2.24, 2.45) is 5.92 Å². The maximum atomic E-state index is 13.0. The second kappa shape index (κ2) is 12.3. The average Bonchev–Trinajstić information content (AvgIpc) is 2.88. The summed E-state index contributed by atoms with van der Waals surface area (Å²) in [4.78, 5) is 18.0. The molecule has 0 spiro atoms. The van der Waals surface area contributed by atoms with E-state index in [1.807, 2.05) is 0 Å². The standard InChI is InChI=1S/C24H45N5O3S/c30-24(22-9-7-16-29(21-22)33(31,32)28-14-5-2-6-15-28)25-12-8-13-26-17-19-27(20-18-26)23-10-3-1-4-11-23/h22-23H,1-21H2,(H,25,30)/t22-/m1/s1. The molecule has 0 aromatic carbocycles. The molecule has 1 saturated carbocycles. The smallest absolute Gasteiger partial charge is 0.281 e. The Morgan fingerprint density at radius 3 is 2.15 bits per heavy atom. The van der Waals surface area contributed by atoms with Gasteiger partial charge in [0.1, 0.15) is 0 Å². The normalized spacial score (nSPS) is 28.1. The van der Waals surface area contributed by atoms with Crippen molar-refractivity contribution in [3.8, 4) is 0 Å². The van der Waals surface area contributed by atoms with Crippen LogP contribution in [0.4, 0.5) is 0 Å². The molecule has 3 aliphatic heterocycles. The fourth-order valence-electron chi connectivity index (χ4n) is 6.08. The first-order chi connectivity index (χ1) is 16.0. The van der Waals surface area contributed by atoms with Crippen LogP contribution in [0.5, 0.6) is 0 Å². The van der Waals surface area contributed by atoms with Gasteiger partial charge in [-0.15, -0.1) is 0 Å². The highest BCUT2D eigenvalue weighted by molar-refractivity contribution is 7.86. The van der Waals surface area contributed by atoms with Gasteiger partial charge in [-0.25, -0.2) is 0 Å². The van der Waals surface area contributed by atoms with Gasteiger partial charge in [0.25, 0.3) is 10.2 Å². The highest BCUT2D eigenvalue weighted by Gasteiger charge is 2.36. The molecule has 3 saturated heterocycles. The number of piperidine rings is 2. The van der Waals surface area contributed by atoms with E-state index in [0.29, 0.717) is 32.7 Å². The molecule has 0 unspecified atom stereocenters. The minimum atomic E-state index is -3.43. The number of amides is 1. The van der Waals surface area contributed by atoms with Crippen molar-refractivity contribution in [1.82, 2.24) is 23.7 Å². The number of piperazine rings is 1. The van der Waals surface area contributed by atoms with E-state index in [0.717, 1.165) is 64.2 Å². The van der Waals surface area contributed by atoms with E-state index in [-0.39, 0.29) is 11.8 Å². The molecular weight excluding hydrogens is 438 g/mol. The molecule has 1 amide bonds. The molecule has 3 heterocycles. The second-order valence-electron chi connectivity index (χ2n) is 10.5. The highest BCUT2D eigenvalue weighted by atomic mass is 32.2. The monoisotopic (exact) mass is 483 g/mol. The van der Waals surface area contributed by atoms with Gasteiger partial charge in [-0.05, 0) is 51.5 Å². The van der Waals surface area contributed by atoms with Gasteiger partial charge in [-0.1, -0.05) is 25.7 Å². The van der Waals surface area contributed by atoms with E-state index in [1.54, 1.807) is 8.61 Å². The topological polar surface area (TPSA) is 76.2 Å². The Labute approximate surface area is 201 Å². The Balaban J connectivity index is 1.13. The predicted octanol–water partition coefficient (Wildman–Crippen LogP) is 1.89. The third-order valence-electron chi connectivity index (χ3n) is 8.17. The van der Waals surface area contributed by atoms with Gasteiger partial charge in [-0.2, -0.15) is 17.0 Å². The van der Waals surface area contributed by atoms with Crippen molar-refractivity contribution in [3.63, 3.8) is 0 Å². The molecule has 0 radical (unpaired) electrons. The van der Waals surface area contributed by atoms with E-state index in [1.165, 1.54) is 45.2 Å². The van der Waals surface area contributed by atoms with Crippen LogP contribution in [-0.4, -0.2) is 104 Å². The fraction of sp³-hybridized carbons (Fsp3) is 0.958. The average molecular weight is 484 g/mol. The van der Waals surface area contributed by atoms with Crippen LogP contribution in [0.3, 0.4) is 0 Å². The quantitative estimate of drug-likeness (QED) is 0.534. The van der Waals surface area contributed by atoms with Crippen molar-refractivity contribution >= 4 is 16.1 Å². The Morgan fingerprint density at radius 2 is 1.42 bits per heavy atom. The summed E-state index contributed by atoms with van der Waals surface area (Å²) in [7, 11) is -3.43. The number of nitrogens with one attached hydrogen (secondary N) is 1. The summed E-state index contributed by atoms with van der Waals surface area (Å²) in [6.45, 7) is 8.43. The van der Waals surface area contributed by atoms with Crippen molar-refractivity contribution in [3.05, 3.63) is 0 Å². The van der Waals surface area contributed by atoms with Crippen LogP contribution in [0.15, 0.2) is 0 Å². The van der Waals surface area contributed by atoms with E-state index < -0.39 is 10.2 Å². The van der Waals surface area contributed by atoms with E-state index >= 15 is 0 Å². The van der Waals surface area contributed by atoms with Gasteiger partial charge >= 0.3 is 0 Å². The van der Waals surface area contributed by atoms with Gasteiger partial charge in [0.05, 0.1) is 5.92 Å². The van der Waals surface area contributed by atoms with Gasteiger partial charge in [-0.3, -0.25) is 9.69 Å². The van der Waals surface area contributed by atoms with Gasteiger partial charge in [0, 0.05) is 64.9 Å². The van der Waals surface area contributed by atoms with Crippen LogP contribution in [0.2, 0.25) is 0 Å². The van der Waals surface area contributed by atoms with Crippen LogP contribution in [0.25, 0.3) is 0 Å². The Morgan fingerprint density at radius 1 is 0.758 bits per heavy atom. The zero-order valence-electron chi connectivity index (χ0n) is 20.4. The summed E-state index contributed by atoms with van der Waals surface area (Å²) in [6, 6.07) is 0.814. The van der Waals surface area contributed by atoms with Crippen molar-refractivity contribution < 1.29 is 13.2 Å². The van der Waals surface area contributed by atoms with Crippen LogP contribution >= 0.6 is 0 Å². The number of hydrogen-bond donors (Lipinski definition) is 1. The lowest BCUT2D eigenvalue weighted by molar-refractivity contribution is -0.126. The minimum Gasteiger partial charge on any atom is -0.356 e. The number of hydrogen-bond acceptors (Lipinski definition) is 5. The molecule has 4 aliphatic rings. The van der Waals surface area contributed by atoms with Gasteiger partial charge in [0.15, 0.2) is 0 Å². The van der Waals surface area contributed by atoms with Crippen LogP contribution in [-0.2, 0) is 15.0 Å². The first kappa shape index (κ1) is 25.4. The number of carbonyl (C=O) groups is 1. The third-order valence-corrected chi connectivity index (χ3v) is 10.2. The molecule has 4 rings (SSSR count). The minimum absolute atomic E-state index is 0.0238. The molecule has 1 atom stereocenters. The fourth-order valence-corrected chi connectivity index (χ4v) is 7.86. The summed E-state index contributed by atoms with van der Waals surface area (Å²) in [5, 5.41) is 3.09. The number of rotatable bonds is 8. The summed E-state index contributed by atoms with van der Waals surface area (Å²) >= 11 is 0. The molecular formula is C24H45N5O3S. The Hall–Kier alpha value is -0.740. The summed E-state index contributed by atoms with van der Waals surface area (Å²) in [5.41, 5.74) is 0.